The standard InChI is InChI=1S/C3H6O2.CH2O2/c4-3-1-5-2-3;2-1-3/h3-4H,1-2H2;1H,(H,2,3). The van der Waals surface area contributed by atoms with Crippen LogP contribution in [0.25, 0.3) is 0 Å². The van der Waals surface area contributed by atoms with Crippen LogP contribution in [0.4, 0.5) is 0 Å². The second-order valence-electron chi connectivity index (χ2n) is 1.30. The fourth-order valence-electron chi connectivity index (χ4n) is 0.223. The summed E-state index contributed by atoms with van der Waals surface area (Å²) in [5.41, 5.74) is 0. The van der Waals surface area contributed by atoms with Crippen molar-refractivity contribution in [1.29, 1.82) is 0 Å². The number of aliphatic hydroxyl groups is 1. The minimum Gasteiger partial charge on any atom is -0.483 e. The van der Waals surface area contributed by atoms with Crippen molar-refractivity contribution >= 4 is 6.47 Å². The Bertz CT molecular complexity index is 59.1. The van der Waals surface area contributed by atoms with Gasteiger partial charge < -0.3 is 14.9 Å². The molecule has 1 aliphatic heterocycles. The molecule has 1 aliphatic rings. The van der Waals surface area contributed by atoms with Crippen LogP contribution in [0.3, 0.4) is 0 Å². The number of aliphatic hydroxyl groups excluding tert-OH is 1. The van der Waals surface area contributed by atoms with E-state index in [1.54, 1.807) is 0 Å². The zero-order valence-corrected chi connectivity index (χ0v) is 4.28. The van der Waals surface area contributed by atoms with Crippen molar-refractivity contribution in [2.24, 2.45) is 0 Å². The van der Waals surface area contributed by atoms with Crippen molar-refractivity contribution in [3.8, 4) is 0 Å². The molecule has 0 atom stereocenters. The van der Waals surface area contributed by atoms with Gasteiger partial charge in [-0.15, -0.1) is 0 Å². The third-order valence-electron chi connectivity index (χ3n) is 0.620. The highest BCUT2D eigenvalue weighted by Gasteiger charge is 2.12. The van der Waals surface area contributed by atoms with Gasteiger partial charge in [-0.2, -0.15) is 0 Å². The Morgan fingerprint density at radius 3 is 1.88 bits per heavy atom. The summed E-state index contributed by atoms with van der Waals surface area (Å²) in [6, 6.07) is 0. The highest BCUT2D eigenvalue weighted by Crippen LogP contribution is 1.96. The van der Waals surface area contributed by atoms with Gasteiger partial charge in [-0.05, 0) is 0 Å². The van der Waals surface area contributed by atoms with E-state index in [-0.39, 0.29) is 12.6 Å². The fourth-order valence-corrected chi connectivity index (χ4v) is 0.223. The van der Waals surface area contributed by atoms with Crippen LogP contribution in [0.15, 0.2) is 0 Å². The number of rotatable bonds is 0. The largest absolute Gasteiger partial charge is 0.483 e. The molecule has 1 saturated heterocycles. The molecule has 2 N–H and O–H groups in total. The Morgan fingerprint density at radius 2 is 1.88 bits per heavy atom. The van der Waals surface area contributed by atoms with Crippen molar-refractivity contribution in [2.45, 2.75) is 6.10 Å². The van der Waals surface area contributed by atoms with Gasteiger partial charge in [0, 0.05) is 0 Å². The van der Waals surface area contributed by atoms with Crippen molar-refractivity contribution < 1.29 is 19.7 Å². The maximum absolute atomic E-state index is 8.36. The molecule has 0 radical (unpaired) electrons. The lowest BCUT2D eigenvalue weighted by molar-refractivity contribution is -0.122. The molecular formula is C4H8O4. The lowest BCUT2D eigenvalue weighted by Gasteiger charge is -2.18. The highest BCUT2D eigenvalue weighted by atomic mass is 16.5. The average Bonchev–Trinajstić information content (AvgIpc) is 1.64. The third kappa shape index (κ3) is 3.58. The molecule has 0 unspecified atom stereocenters. The first-order valence-electron chi connectivity index (χ1n) is 2.15. The summed E-state index contributed by atoms with van der Waals surface area (Å²) in [6.07, 6.45) is -0.157. The van der Waals surface area contributed by atoms with E-state index in [4.69, 9.17) is 15.0 Å². The molecule has 0 aromatic heterocycles. The zero-order chi connectivity index (χ0) is 6.41. The van der Waals surface area contributed by atoms with Crippen LogP contribution in [0.2, 0.25) is 0 Å². The van der Waals surface area contributed by atoms with Crippen LogP contribution < -0.4 is 0 Å². The minimum absolute atomic E-state index is 0.157. The molecular weight excluding hydrogens is 112 g/mol. The monoisotopic (exact) mass is 120 g/mol. The summed E-state index contributed by atoms with van der Waals surface area (Å²) in [6.45, 7) is 0.833. The summed E-state index contributed by atoms with van der Waals surface area (Å²) in [5, 5.41) is 15.2. The predicted octanol–water partition coefficient (Wildman–Crippen LogP) is -0.922. The van der Waals surface area contributed by atoms with Gasteiger partial charge in [0.25, 0.3) is 6.47 Å². The van der Waals surface area contributed by atoms with Crippen LogP contribution in [0, 0.1) is 0 Å². The molecule has 0 aromatic rings. The van der Waals surface area contributed by atoms with Gasteiger partial charge in [-0.3, -0.25) is 4.79 Å². The minimum atomic E-state index is -0.250. The Balaban J connectivity index is 0.000000145. The van der Waals surface area contributed by atoms with Crippen molar-refractivity contribution in [3.05, 3.63) is 0 Å². The summed E-state index contributed by atoms with van der Waals surface area (Å²) in [5.74, 6) is 0. The Morgan fingerprint density at radius 1 is 1.62 bits per heavy atom. The molecule has 0 bridgehead atoms. The molecule has 8 heavy (non-hydrogen) atoms. The number of hydrogen-bond donors (Lipinski definition) is 2. The third-order valence-corrected chi connectivity index (χ3v) is 0.620. The number of carbonyl (C=O) groups is 1. The van der Waals surface area contributed by atoms with Gasteiger partial charge in [0.1, 0.15) is 6.10 Å². The SMILES string of the molecule is O=CO.OC1COC1. The number of carboxylic acid groups (broad SMARTS) is 1. The van der Waals surface area contributed by atoms with Gasteiger partial charge >= 0.3 is 0 Å². The van der Waals surface area contributed by atoms with Crippen LogP contribution >= 0.6 is 0 Å². The van der Waals surface area contributed by atoms with Crippen LogP contribution in [0.1, 0.15) is 0 Å². The second-order valence-corrected chi connectivity index (χ2v) is 1.30. The molecule has 0 aromatic carbocycles. The van der Waals surface area contributed by atoms with E-state index in [0.29, 0.717) is 13.2 Å². The maximum atomic E-state index is 8.36. The van der Waals surface area contributed by atoms with E-state index in [2.05, 4.69) is 4.74 Å². The number of ether oxygens (including phenoxy) is 1. The molecule has 4 nitrogen and oxygen atoms in total. The lowest BCUT2D eigenvalue weighted by Crippen LogP contribution is -2.32. The van der Waals surface area contributed by atoms with Gasteiger partial charge in [0.05, 0.1) is 13.2 Å². The average molecular weight is 120 g/mol. The Labute approximate surface area is 46.7 Å². The fraction of sp³-hybridized carbons (Fsp3) is 0.750. The van der Waals surface area contributed by atoms with E-state index in [1.165, 1.54) is 0 Å². The quantitative estimate of drug-likeness (QED) is 0.406. The first-order chi connectivity index (χ1) is 3.81. The van der Waals surface area contributed by atoms with Gasteiger partial charge in [-0.1, -0.05) is 0 Å². The highest BCUT2D eigenvalue weighted by molar-refractivity contribution is 5.32. The zero-order valence-electron chi connectivity index (χ0n) is 4.28. The molecule has 0 aliphatic carbocycles. The van der Waals surface area contributed by atoms with Gasteiger partial charge in [0.2, 0.25) is 0 Å². The summed E-state index contributed by atoms with van der Waals surface area (Å²) < 4.78 is 4.58. The van der Waals surface area contributed by atoms with Crippen LogP contribution in [-0.2, 0) is 9.53 Å². The summed E-state index contributed by atoms with van der Waals surface area (Å²) >= 11 is 0. The second kappa shape index (κ2) is 4.55. The van der Waals surface area contributed by atoms with E-state index in [0.717, 1.165) is 0 Å². The molecule has 0 saturated carbocycles. The van der Waals surface area contributed by atoms with Crippen molar-refractivity contribution in [3.63, 3.8) is 0 Å². The van der Waals surface area contributed by atoms with Gasteiger partial charge in [0.15, 0.2) is 0 Å². The van der Waals surface area contributed by atoms with Crippen LogP contribution in [-0.4, -0.2) is 36.0 Å². The molecule has 1 rings (SSSR count). The predicted molar refractivity (Wildman–Crippen MR) is 25.5 cm³/mol. The molecule has 0 amide bonds. The van der Waals surface area contributed by atoms with E-state index in [9.17, 15) is 0 Å². The van der Waals surface area contributed by atoms with E-state index >= 15 is 0 Å². The molecule has 0 spiro atoms. The van der Waals surface area contributed by atoms with E-state index in [1.807, 2.05) is 0 Å². The van der Waals surface area contributed by atoms with Crippen molar-refractivity contribution in [1.82, 2.24) is 0 Å². The van der Waals surface area contributed by atoms with Gasteiger partial charge in [-0.25, -0.2) is 0 Å². The Kier molecular flexibility index (Phi) is 4.20. The molecule has 1 fully saturated rings. The first kappa shape index (κ1) is 7.39. The first-order valence-corrected chi connectivity index (χ1v) is 2.15. The normalized spacial score (nSPS) is 17.6. The molecule has 4 heteroatoms. The summed E-state index contributed by atoms with van der Waals surface area (Å²) in [4.78, 5) is 8.36. The lowest BCUT2D eigenvalue weighted by atomic mass is 10.3. The maximum Gasteiger partial charge on any atom is 0.290 e. The van der Waals surface area contributed by atoms with Crippen LogP contribution in [0.5, 0.6) is 0 Å². The topological polar surface area (TPSA) is 66.8 Å². The molecule has 48 valence electrons. The van der Waals surface area contributed by atoms with E-state index < -0.39 is 0 Å². The molecule has 1 heterocycles. The smallest absolute Gasteiger partial charge is 0.290 e. The van der Waals surface area contributed by atoms with Crippen molar-refractivity contribution in [2.75, 3.05) is 13.2 Å². The number of hydrogen-bond acceptors (Lipinski definition) is 3. The summed E-state index contributed by atoms with van der Waals surface area (Å²) in [7, 11) is 0. The Hall–Kier alpha value is -0.610.